The van der Waals surface area contributed by atoms with Crippen molar-refractivity contribution in [1.82, 2.24) is 14.9 Å². The first kappa shape index (κ1) is 25.1. The highest BCUT2D eigenvalue weighted by atomic mass is 35.5. The summed E-state index contributed by atoms with van der Waals surface area (Å²) in [6, 6.07) is 5.92. The van der Waals surface area contributed by atoms with Crippen LogP contribution >= 0.6 is 23.2 Å². The molecule has 2 aromatic rings. The third-order valence-corrected chi connectivity index (χ3v) is 10.1. The molecule has 3 aliphatic rings. The minimum absolute atomic E-state index is 0.0311. The smallest absolute Gasteiger partial charge is 0.150 e. The Morgan fingerprint density at radius 3 is 2.57 bits per heavy atom. The molecular formula is C25H33Cl2N5O2S. The molecule has 0 saturated carbocycles. The van der Waals surface area contributed by atoms with Crippen molar-refractivity contribution in [3.8, 4) is 0 Å². The van der Waals surface area contributed by atoms with E-state index in [1.54, 1.807) is 12.3 Å². The Hall–Kier alpha value is -1.61. The van der Waals surface area contributed by atoms with Gasteiger partial charge in [0.25, 0.3) is 0 Å². The molecule has 0 aliphatic carbocycles. The summed E-state index contributed by atoms with van der Waals surface area (Å²) in [4.78, 5) is 14.1. The van der Waals surface area contributed by atoms with Crippen molar-refractivity contribution in [3.05, 3.63) is 46.2 Å². The molecule has 0 spiro atoms. The molecular weight excluding hydrogens is 505 g/mol. The number of nitrogens with zero attached hydrogens (tertiary/aromatic N) is 4. The second kappa shape index (κ2) is 10.4. The van der Waals surface area contributed by atoms with E-state index in [4.69, 9.17) is 28.2 Å². The van der Waals surface area contributed by atoms with Crippen molar-refractivity contribution >= 4 is 44.7 Å². The molecule has 1 aromatic carbocycles. The van der Waals surface area contributed by atoms with Crippen molar-refractivity contribution in [1.29, 1.82) is 0 Å². The molecule has 3 fully saturated rings. The molecule has 5 rings (SSSR count). The van der Waals surface area contributed by atoms with E-state index in [0.717, 1.165) is 56.2 Å². The molecule has 2 atom stereocenters. The maximum absolute atomic E-state index is 11.8. The Morgan fingerprint density at radius 1 is 1.06 bits per heavy atom. The lowest BCUT2D eigenvalue weighted by molar-refractivity contribution is 0.0798. The topological polar surface area (TPSA) is 78.4 Å². The standard InChI is InChI=1S/C25H33Cl2N5O2S/c1-17(22-5-4-20(26)11-23(22)27)29-24-12-28-13-25(30-24)32-15-19(16-32)18-3-2-8-31(14-18)21-6-9-35(33,34)10-7-21/h4-5,11-13,17-19,21H,2-3,6-10,14-16H2,1H3,(H,29,30)/t17-,18-/m1/s1. The van der Waals surface area contributed by atoms with Crippen LogP contribution in [0, 0.1) is 11.8 Å². The lowest BCUT2D eigenvalue weighted by Crippen LogP contribution is -2.55. The van der Waals surface area contributed by atoms with Gasteiger partial charge in [-0.3, -0.25) is 4.98 Å². The highest BCUT2D eigenvalue weighted by Gasteiger charge is 2.38. The second-order valence-corrected chi connectivity index (χ2v) is 13.4. The molecule has 0 unspecified atom stereocenters. The van der Waals surface area contributed by atoms with Crippen LogP contribution in [0.15, 0.2) is 30.6 Å². The van der Waals surface area contributed by atoms with E-state index in [1.165, 1.54) is 12.8 Å². The number of hydrogen-bond acceptors (Lipinski definition) is 7. The Labute approximate surface area is 218 Å². The van der Waals surface area contributed by atoms with E-state index in [0.29, 0.717) is 39.4 Å². The molecule has 190 valence electrons. The molecule has 0 amide bonds. The Balaban J connectivity index is 1.15. The fourth-order valence-corrected chi connectivity index (χ4v) is 7.77. The van der Waals surface area contributed by atoms with Crippen molar-refractivity contribution in [2.75, 3.05) is 47.9 Å². The second-order valence-electron chi connectivity index (χ2n) is 10.2. The number of sulfone groups is 1. The van der Waals surface area contributed by atoms with E-state index >= 15 is 0 Å². The fraction of sp³-hybridized carbons (Fsp3) is 0.600. The normalized spacial score (nSPS) is 24.7. The van der Waals surface area contributed by atoms with Gasteiger partial charge in [-0.1, -0.05) is 29.3 Å². The third-order valence-electron chi connectivity index (χ3n) is 7.85. The number of nitrogens with one attached hydrogen (secondary N) is 1. The zero-order valence-electron chi connectivity index (χ0n) is 20.0. The van der Waals surface area contributed by atoms with Crippen LogP contribution < -0.4 is 10.2 Å². The van der Waals surface area contributed by atoms with Crippen LogP contribution in [-0.4, -0.2) is 67.0 Å². The minimum atomic E-state index is -2.81. The van der Waals surface area contributed by atoms with Gasteiger partial charge in [-0.2, -0.15) is 0 Å². The first-order chi connectivity index (χ1) is 16.8. The first-order valence-electron chi connectivity index (χ1n) is 12.5. The van der Waals surface area contributed by atoms with E-state index in [-0.39, 0.29) is 6.04 Å². The summed E-state index contributed by atoms with van der Waals surface area (Å²) in [7, 11) is -2.81. The lowest BCUT2D eigenvalue weighted by atomic mass is 9.80. The SMILES string of the molecule is C[C@@H](Nc1cncc(N2CC([C@@H]3CCCN(C4CCS(=O)(=O)CC4)C3)C2)n1)c1ccc(Cl)cc1Cl. The number of aromatic nitrogens is 2. The van der Waals surface area contributed by atoms with Crippen LogP contribution in [0.2, 0.25) is 10.0 Å². The molecule has 1 aromatic heterocycles. The highest BCUT2D eigenvalue weighted by molar-refractivity contribution is 7.91. The van der Waals surface area contributed by atoms with Gasteiger partial charge in [0.15, 0.2) is 0 Å². The zero-order chi connectivity index (χ0) is 24.6. The van der Waals surface area contributed by atoms with Gasteiger partial charge >= 0.3 is 0 Å². The van der Waals surface area contributed by atoms with Gasteiger partial charge in [0.2, 0.25) is 0 Å². The number of benzene rings is 1. The predicted octanol–water partition coefficient (Wildman–Crippen LogP) is 4.68. The summed E-state index contributed by atoms with van der Waals surface area (Å²) in [5.41, 5.74) is 0.963. The van der Waals surface area contributed by atoms with E-state index in [1.807, 2.05) is 25.3 Å². The van der Waals surface area contributed by atoms with Gasteiger partial charge in [-0.15, -0.1) is 0 Å². The largest absolute Gasteiger partial charge is 0.362 e. The average Bonchev–Trinajstić information content (AvgIpc) is 2.78. The van der Waals surface area contributed by atoms with Gasteiger partial charge < -0.3 is 15.1 Å². The van der Waals surface area contributed by atoms with E-state index in [2.05, 4.69) is 20.1 Å². The van der Waals surface area contributed by atoms with Crippen LogP contribution in [0.4, 0.5) is 11.6 Å². The Morgan fingerprint density at radius 2 is 1.83 bits per heavy atom. The first-order valence-corrected chi connectivity index (χ1v) is 15.1. The molecule has 0 bridgehead atoms. The van der Waals surface area contributed by atoms with Crippen molar-refractivity contribution in [3.63, 3.8) is 0 Å². The molecule has 0 radical (unpaired) electrons. The van der Waals surface area contributed by atoms with Crippen LogP contribution in [0.25, 0.3) is 0 Å². The van der Waals surface area contributed by atoms with E-state index in [9.17, 15) is 8.42 Å². The number of piperidine rings is 1. The van der Waals surface area contributed by atoms with Gasteiger partial charge in [0.05, 0.1) is 29.9 Å². The highest BCUT2D eigenvalue weighted by Crippen LogP contribution is 2.35. The van der Waals surface area contributed by atoms with Crippen LogP contribution in [-0.2, 0) is 9.84 Å². The molecule has 35 heavy (non-hydrogen) atoms. The van der Waals surface area contributed by atoms with Crippen LogP contribution in [0.5, 0.6) is 0 Å². The summed E-state index contributed by atoms with van der Waals surface area (Å²) < 4.78 is 23.6. The maximum atomic E-state index is 11.8. The molecule has 10 heteroatoms. The summed E-state index contributed by atoms with van der Waals surface area (Å²) in [6.45, 7) is 6.23. The number of rotatable bonds is 6. The fourth-order valence-electron chi connectivity index (χ4n) is 5.73. The van der Waals surface area contributed by atoms with Crippen molar-refractivity contribution in [2.45, 2.75) is 44.7 Å². The average molecular weight is 539 g/mol. The summed E-state index contributed by atoms with van der Waals surface area (Å²) in [5.74, 6) is 3.63. The van der Waals surface area contributed by atoms with Crippen molar-refractivity contribution in [2.24, 2.45) is 11.8 Å². The maximum Gasteiger partial charge on any atom is 0.150 e. The summed E-state index contributed by atoms with van der Waals surface area (Å²) in [5, 5.41) is 4.65. The Bertz CT molecular complexity index is 1140. The minimum Gasteiger partial charge on any atom is -0.362 e. The number of hydrogen-bond donors (Lipinski definition) is 1. The zero-order valence-corrected chi connectivity index (χ0v) is 22.4. The van der Waals surface area contributed by atoms with Crippen molar-refractivity contribution < 1.29 is 8.42 Å². The molecule has 1 N–H and O–H groups in total. The summed E-state index contributed by atoms with van der Waals surface area (Å²) in [6.07, 6.45) is 7.62. The van der Waals surface area contributed by atoms with Gasteiger partial charge in [-0.05, 0) is 68.7 Å². The summed E-state index contributed by atoms with van der Waals surface area (Å²) >= 11 is 12.4. The van der Waals surface area contributed by atoms with Gasteiger partial charge in [0.1, 0.15) is 21.5 Å². The molecule has 7 nitrogen and oxygen atoms in total. The lowest BCUT2D eigenvalue weighted by Gasteiger charge is -2.48. The number of halogens is 2. The van der Waals surface area contributed by atoms with E-state index < -0.39 is 9.84 Å². The Kier molecular flexibility index (Phi) is 7.45. The molecule has 3 saturated heterocycles. The van der Waals surface area contributed by atoms with Crippen LogP contribution in [0.1, 0.15) is 44.2 Å². The van der Waals surface area contributed by atoms with Gasteiger partial charge in [0, 0.05) is 35.7 Å². The predicted molar refractivity (Wildman–Crippen MR) is 142 cm³/mol. The van der Waals surface area contributed by atoms with Crippen LogP contribution in [0.3, 0.4) is 0 Å². The number of anilines is 2. The molecule has 4 heterocycles. The monoisotopic (exact) mass is 537 g/mol. The molecule has 3 aliphatic heterocycles. The number of likely N-dealkylation sites (tertiary alicyclic amines) is 1. The third kappa shape index (κ3) is 5.87. The van der Waals surface area contributed by atoms with Gasteiger partial charge in [-0.25, -0.2) is 13.4 Å². The quantitative estimate of drug-likeness (QED) is 0.572.